The smallest absolute Gasteiger partial charge is 0.264 e. The zero-order chi connectivity index (χ0) is 16.4. The van der Waals surface area contributed by atoms with E-state index >= 15 is 0 Å². The minimum absolute atomic E-state index is 0.0424. The molecule has 0 saturated heterocycles. The van der Waals surface area contributed by atoms with Gasteiger partial charge in [0.2, 0.25) is 5.91 Å². The van der Waals surface area contributed by atoms with Gasteiger partial charge in [0.25, 0.3) is 10.0 Å². The van der Waals surface area contributed by atoms with Crippen molar-refractivity contribution in [3.05, 3.63) is 58.4 Å². The Morgan fingerprint density at radius 2 is 2.00 bits per heavy atom. The van der Waals surface area contributed by atoms with Crippen LogP contribution < -0.4 is 4.72 Å². The Hall–Kier alpha value is -2.25. The molecule has 0 saturated carbocycles. The highest BCUT2D eigenvalue weighted by Crippen LogP contribution is 2.21. The highest BCUT2D eigenvalue weighted by Gasteiger charge is 2.20. The first-order chi connectivity index (χ1) is 11.0. The maximum atomic E-state index is 12.5. The third-order valence-electron chi connectivity index (χ3n) is 3.27. The Morgan fingerprint density at radius 3 is 2.74 bits per heavy atom. The SMILES string of the molecule is Cc1ccc(CC(=O)NS(=O)(=O)c2cccc3ncccc23)s1. The van der Waals surface area contributed by atoms with Gasteiger partial charge in [-0.2, -0.15) is 0 Å². The van der Waals surface area contributed by atoms with Crippen LogP contribution in [0, 0.1) is 6.92 Å². The number of pyridine rings is 1. The van der Waals surface area contributed by atoms with Crippen LogP contribution in [0.5, 0.6) is 0 Å². The highest BCUT2D eigenvalue weighted by molar-refractivity contribution is 7.90. The summed E-state index contributed by atoms with van der Waals surface area (Å²) in [5.74, 6) is -0.548. The molecule has 118 valence electrons. The molecule has 0 fully saturated rings. The van der Waals surface area contributed by atoms with Gasteiger partial charge in [-0.1, -0.05) is 6.07 Å². The van der Waals surface area contributed by atoms with E-state index in [2.05, 4.69) is 9.71 Å². The van der Waals surface area contributed by atoms with Crippen LogP contribution in [0.15, 0.2) is 53.6 Å². The van der Waals surface area contributed by atoms with Crippen molar-refractivity contribution in [2.24, 2.45) is 0 Å². The van der Waals surface area contributed by atoms with Crippen LogP contribution in [-0.2, 0) is 21.2 Å². The highest BCUT2D eigenvalue weighted by atomic mass is 32.2. The Balaban J connectivity index is 1.87. The normalized spacial score (nSPS) is 11.5. The molecule has 23 heavy (non-hydrogen) atoms. The topological polar surface area (TPSA) is 76.1 Å². The number of nitrogens with one attached hydrogen (secondary N) is 1. The van der Waals surface area contributed by atoms with Crippen LogP contribution in [0.1, 0.15) is 9.75 Å². The number of aromatic nitrogens is 1. The lowest BCUT2D eigenvalue weighted by molar-refractivity contribution is -0.118. The van der Waals surface area contributed by atoms with Crippen LogP contribution in [0.2, 0.25) is 0 Å². The van der Waals surface area contributed by atoms with E-state index in [1.165, 1.54) is 17.4 Å². The summed E-state index contributed by atoms with van der Waals surface area (Å²) in [7, 11) is -3.93. The maximum Gasteiger partial charge on any atom is 0.264 e. The van der Waals surface area contributed by atoms with Crippen LogP contribution in [0.3, 0.4) is 0 Å². The van der Waals surface area contributed by atoms with Gasteiger partial charge in [-0.15, -0.1) is 11.3 Å². The quantitative estimate of drug-likeness (QED) is 0.788. The van der Waals surface area contributed by atoms with Crippen molar-refractivity contribution in [1.82, 2.24) is 9.71 Å². The first-order valence-corrected chi connectivity index (χ1v) is 9.20. The Labute approximate surface area is 138 Å². The number of hydrogen-bond acceptors (Lipinski definition) is 5. The molecule has 0 bridgehead atoms. The summed E-state index contributed by atoms with van der Waals surface area (Å²) in [6, 6.07) is 11.9. The predicted octanol–water partition coefficient (Wildman–Crippen LogP) is 2.65. The number of amides is 1. The zero-order valence-electron chi connectivity index (χ0n) is 12.3. The van der Waals surface area contributed by atoms with E-state index < -0.39 is 15.9 Å². The number of hydrogen-bond donors (Lipinski definition) is 1. The van der Waals surface area contributed by atoms with E-state index in [1.54, 1.807) is 30.5 Å². The van der Waals surface area contributed by atoms with Crippen molar-refractivity contribution in [2.45, 2.75) is 18.2 Å². The molecule has 0 aliphatic rings. The molecule has 7 heteroatoms. The summed E-state index contributed by atoms with van der Waals surface area (Å²) in [6.45, 7) is 1.94. The molecule has 0 aliphatic carbocycles. The number of aryl methyl sites for hydroxylation is 1. The Morgan fingerprint density at radius 1 is 1.17 bits per heavy atom. The molecule has 1 aromatic carbocycles. The number of fused-ring (bicyclic) bond motifs is 1. The number of carbonyl (C=O) groups excluding carboxylic acids is 1. The number of rotatable bonds is 4. The summed E-state index contributed by atoms with van der Waals surface area (Å²) in [5.41, 5.74) is 0.566. The molecule has 0 radical (unpaired) electrons. The maximum absolute atomic E-state index is 12.5. The van der Waals surface area contributed by atoms with Crippen LogP contribution in [-0.4, -0.2) is 19.3 Å². The minimum Gasteiger partial charge on any atom is -0.274 e. The standard InChI is InChI=1S/C16H14N2O3S2/c1-11-7-8-12(22-11)10-16(19)18-23(20,21)15-6-2-5-14-13(15)4-3-9-17-14/h2-9H,10H2,1H3,(H,18,19). The largest absolute Gasteiger partial charge is 0.274 e. The molecule has 0 aliphatic heterocycles. The van der Waals surface area contributed by atoms with Gasteiger partial charge in [0.1, 0.15) is 0 Å². The third kappa shape index (κ3) is 3.40. The Bertz CT molecular complexity index is 972. The summed E-state index contributed by atoms with van der Waals surface area (Å²) in [5, 5.41) is 0.488. The van der Waals surface area contributed by atoms with E-state index in [-0.39, 0.29) is 11.3 Å². The third-order valence-corrected chi connectivity index (χ3v) is 5.71. The lowest BCUT2D eigenvalue weighted by Gasteiger charge is -2.09. The molecule has 3 aromatic rings. The fraction of sp³-hybridized carbons (Fsp3) is 0.125. The number of benzene rings is 1. The van der Waals surface area contributed by atoms with Gasteiger partial charge in [0.05, 0.1) is 16.8 Å². The van der Waals surface area contributed by atoms with Crippen LogP contribution >= 0.6 is 11.3 Å². The van der Waals surface area contributed by atoms with Crippen molar-refractivity contribution in [2.75, 3.05) is 0 Å². The summed E-state index contributed by atoms with van der Waals surface area (Å²) < 4.78 is 27.1. The van der Waals surface area contributed by atoms with Crippen molar-refractivity contribution >= 4 is 38.2 Å². The predicted molar refractivity (Wildman–Crippen MR) is 89.8 cm³/mol. The molecular weight excluding hydrogens is 332 g/mol. The molecule has 1 amide bonds. The van der Waals surface area contributed by atoms with E-state index in [9.17, 15) is 13.2 Å². The second kappa shape index (κ2) is 6.10. The van der Waals surface area contributed by atoms with Gasteiger partial charge in [-0.25, -0.2) is 13.1 Å². The van der Waals surface area contributed by atoms with E-state index in [0.29, 0.717) is 10.9 Å². The number of carbonyl (C=O) groups is 1. The molecule has 5 nitrogen and oxygen atoms in total. The van der Waals surface area contributed by atoms with Gasteiger partial charge in [-0.05, 0) is 43.3 Å². The molecule has 0 spiro atoms. The second-order valence-corrected chi connectivity index (χ2v) is 8.07. The summed E-state index contributed by atoms with van der Waals surface area (Å²) in [4.78, 5) is 18.1. The summed E-state index contributed by atoms with van der Waals surface area (Å²) >= 11 is 1.47. The van der Waals surface area contributed by atoms with Crippen molar-refractivity contribution in [3.8, 4) is 0 Å². The molecule has 2 heterocycles. The molecule has 2 aromatic heterocycles. The number of sulfonamides is 1. The van der Waals surface area contributed by atoms with Gasteiger partial charge >= 0.3 is 0 Å². The van der Waals surface area contributed by atoms with Gasteiger partial charge in [0, 0.05) is 21.3 Å². The molecule has 1 N–H and O–H groups in total. The molecular formula is C16H14N2O3S2. The fourth-order valence-corrected chi connectivity index (χ4v) is 4.38. The van der Waals surface area contributed by atoms with E-state index in [1.807, 2.05) is 19.1 Å². The molecule has 0 atom stereocenters. The molecule has 3 rings (SSSR count). The Kier molecular flexibility index (Phi) is 4.14. The van der Waals surface area contributed by atoms with Crippen LogP contribution in [0.4, 0.5) is 0 Å². The number of nitrogens with zero attached hydrogens (tertiary/aromatic N) is 1. The monoisotopic (exact) mass is 346 g/mol. The summed E-state index contributed by atoms with van der Waals surface area (Å²) in [6.07, 6.45) is 1.64. The molecule has 0 unspecified atom stereocenters. The van der Waals surface area contributed by atoms with Crippen molar-refractivity contribution < 1.29 is 13.2 Å². The van der Waals surface area contributed by atoms with Gasteiger partial charge < -0.3 is 0 Å². The average Bonchev–Trinajstić information content (AvgIpc) is 2.91. The lowest BCUT2D eigenvalue weighted by Crippen LogP contribution is -2.31. The average molecular weight is 346 g/mol. The zero-order valence-corrected chi connectivity index (χ0v) is 13.9. The minimum atomic E-state index is -3.93. The lowest BCUT2D eigenvalue weighted by atomic mass is 10.2. The number of thiophene rings is 1. The van der Waals surface area contributed by atoms with Gasteiger partial charge in [0.15, 0.2) is 0 Å². The van der Waals surface area contributed by atoms with Crippen LogP contribution in [0.25, 0.3) is 10.9 Å². The van der Waals surface area contributed by atoms with E-state index in [4.69, 9.17) is 0 Å². The first kappa shape index (κ1) is 15.6. The second-order valence-electron chi connectivity index (χ2n) is 5.04. The fourth-order valence-electron chi connectivity index (χ4n) is 2.29. The van der Waals surface area contributed by atoms with E-state index in [0.717, 1.165) is 9.75 Å². The van der Waals surface area contributed by atoms with Crippen molar-refractivity contribution in [1.29, 1.82) is 0 Å². The van der Waals surface area contributed by atoms with Gasteiger partial charge in [-0.3, -0.25) is 9.78 Å². The van der Waals surface area contributed by atoms with Crippen molar-refractivity contribution in [3.63, 3.8) is 0 Å². The first-order valence-electron chi connectivity index (χ1n) is 6.90.